The van der Waals surface area contributed by atoms with E-state index in [9.17, 15) is 4.79 Å². The molecule has 0 saturated heterocycles. The van der Waals surface area contributed by atoms with E-state index in [1.807, 2.05) is 32.0 Å². The molecule has 0 bridgehead atoms. The number of benzene rings is 1. The van der Waals surface area contributed by atoms with Crippen LogP contribution in [-0.4, -0.2) is 11.9 Å². The van der Waals surface area contributed by atoms with E-state index in [2.05, 4.69) is 21.2 Å². The second-order valence-corrected chi connectivity index (χ2v) is 4.44. The number of hydrogen-bond acceptors (Lipinski definition) is 2. The van der Waals surface area contributed by atoms with Crippen molar-refractivity contribution < 1.29 is 4.79 Å². The van der Waals surface area contributed by atoms with E-state index < -0.39 is 6.04 Å². The topological polar surface area (TPSA) is 55.1 Å². The molecule has 0 spiro atoms. The van der Waals surface area contributed by atoms with Crippen LogP contribution in [0.1, 0.15) is 18.9 Å². The van der Waals surface area contributed by atoms with E-state index >= 15 is 0 Å². The molecular weight excluding hydrogens is 256 g/mol. The molecule has 4 heteroatoms. The van der Waals surface area contributed by atoms with Crippen LogP contribution in [0.4, 0.5) is 5.69 Å². The molecule has 15 heavy (non-hydrogen) atoms. The Kier molecular flexibility index (Phi) is 4.29. The van der Waals surface area contributed by atoms with Crippen LogP contribution in [0.3, 0.4) is 0 Å². The molecular formula is C11H15BrN2O. The largest absolute Gasteiger partial charge is 0.325 e. The Morgan fingerprint density at radius 1 is 1.53 bits per heavy atom. The van der Waals surface area contributed by atoms with Gasteiger partial charge in [0.2, 0.25) is 5.91 Å². The summed E-state index contributed by atoms with van der Waals surface area (Å²) in [5.41, 5.74) is 7.48. The molecule has 1 aromatic rings. The number of nitrogens with one attached hydrogen (secondary N) is 1. The van der Waals surface area contributed by atoms with E-state index in [4.69, 9.17) is 5.73 Å². The summed E-state index contributed by atoms with van der Waals surface area (Å²) < 4.78 is 0.947. The molecule has 0 radical (unpaired) electrons. The highest BCUT2D eigenvalue weighted by Gasteiger charge is 2.10. The number of carbonyl (C=O) groups is 1. The van der Waals surface area contributed by atoms with Gasteiger partial charge in [-0.2, -0.15) is 0 Å². The number of anilines is 1. The molecule has 0 aliphatic carbocycles. The first kappa shape index (κ1) is 12.2. The van der Waals surface area contributed by atoms with Gasteiger partial charge in [0.15, 0.2) is 0 Å². The van der Waals surface area contributed by atoms with E-state index in [1.54, 1.807) is 0 Å². The Balaban J connectivity index is 2.76. The molecule has 0 aliphatic heterocycles. The smallest absolute Gasteiger partial charge is 0.241 e. The van der Waals surface area contributed by atoms with Gasteiger partial charge >= 0.3 is 0 Å². The molecule has 0 unspecified atom stereocenters. The maximum atomic E-state index is 11.5. The minimum Gasteiger partial charge on any atom is -0.325 e. The van der Waals surface area contributed by atoms with Gasteiger partial charge < -0.3 is 11.1 Å². The van der Waals surface area contributed by atoms with Gasteiger partial charge in [-0.15, -0.1) is 0 Å². The first-order valence-electron chi connectivity index (χ1n) is 4.86. The van der Waals surface area contributed by atoms with Crippen LogP contribution in [0, 0.1) is 6.92 Å². The zero-order valence-electron chi connectivity index (χ0n) is 8.88. The molecule has 3 nitrogen and oxygen atoms in total. The van der Waals surface area contributed by atoms with Crippen molar-refractivity contribution in [2.24, 2.45) is 5.73 Å². The van der Waals surface area contributed by atoms with Gasteiger partial charge in [-0.3, -0.25) is 4.79 Å². The molecule has 3 N–H and O–H groups in total. The number of amides is 1. The minimum absolute atomic E-state index is 0.144. The molecule has 0 saturated carbocycles. The molecule has 1 atom stereocenters. The highest BCUT2D eigenvalue weighted by atomic mass is 79.9. The SMILES string of the molecule is CC[C@@H](N)C(=O)Nc1cc(C)cc(Br)c1. The molecule has 82 valence electrons. The number of rotatable bonds is 3. The Morgan fingerprint density at radius 2 is 2.20 bits per heavy atom. The lowest BCUT2D eigenvalue weighted by Gasteiger charge is -2.10. The second kappa shape index (κ2) is 5.28. The van der Waals surface area contributed by atoms with Gasteiger partial charge in [0.25, 0.3) is 0 Å². The Bertz CT molecular complexity index is 345. The summed E-state index contributed by atoms with van der Waals surface area (Å²) in [4.78, 5) is 11.5. The lowest BCUT2D eigenvalue weighted by atomic mass is 10.2. The van der Waals surface area contributed by atoms with Crippen LogP contribution in [0.15, 0.2) is 22.7 Å². The van der Waals surface area contributed by atoms with Crippen molar-refractivity contribution in [3.63, 3.8) is 0 Å². The maximum Gasteiger partial charge on any atom is 0.241 e. The highest BCUT2D eigenvalue weighted by Crippen LogP contribution is 2.19. The molecule has 1 aromatic carbocycles. The summed E-state index contributed by atoms with van der Waals surface area (Å²) in [5.74, 6) is -0.144. The molecule has 1 rings (SSSR count). The summed E-state index contributed by atoms with van der Waals surface area (Å²) in [7, 11) is 0. The van der Waals surface area contributed by atoms with Crippen LogP contribution in [0.2, 0.25) is 0 Å². The van der Waals surface area contributed by atoms with Crippen molar-refractivity contribution >= 4 is 27.5 Å². The summed E-state index contributed by atoms with van der Waals surface area (Å²) in [6.07, 6.45) is 0.638. The number of halogens is 1. The van der Waals surface area contributed by atoms with Gasteiger partial charge in [-0.1, -0.05) is 22.9 Å². The first-order valence-corrected chi connectivity index (χ1v) is 5.66. The average molecular weight is 271 g/mol. The van der Waals surface area contributed by atoms with Crippen molar-refractivity contribution in [1.29, 1.82) is 0 Å². The summed E-state index contributed by atoms with van der Waals surface area (Å²) >= 11 is 3.37. The summed E-state index contributed by atoms with van der Waals surface area (Å²) in [6, 6.07) is 5.30. The van der Waals surface area contributed by atoms with E-state index in [0.717, 1.165) is 15.7 Å². The third kappa shape index (κ3) is 3.64. The van der Waals surface area contributed by atoms with Crippen LogP contribution < -0.4 is 11.1 Å². The minimum atomic E-state index is -0.440. The quantitative estimate of drug-likeness (QED) is 0.887. The molecule has 0 fully saturated rings. The van der Waals surface area contributed by atoms with Crippen LogP contribution in [0.25, 0.3) is 0 Å². The van der Waals surface area contributed by atoms with Crippen LogP contribution >= 0.6 is 15.9 Å². The predicted octanol–water partition coefficient (Wildman–Crippen LogP) is 2.43. The van der Waals surface area contributed by atoms with Crippen molar-refractivity contribution in [3.8, 4) is 0 Å². The van der Waals surface area contributed by atoms with Crippen LogP contribution in [-0.2, 0) is 4.79 Å². The average Bonchev–Trinajstić information content (AvgIpc) is 2.14. The monoisotopic (exact) mass is 270 g/mol. The molecule has 0 aromatic heterocycles. The van der Waals surface area contributed by atoms with Gasteiger partial charge in [0.1, 0.15) is 0 Å². The lowest BCUT2D eigenvalue weighted by molar-refractivity contribution is -0.117. The Hall–Kier alpha value is -0.870. The number of carbonyl (C=O) groups excluding carboxylic acids is 1. The van der Waals surface area contributed by atoms with Crippen molar-refractivity contribution in [3.05, 3.63) is 28.2 Å². The molecule has 0 aliphatic rings. The third-order valence-electron chi connectivity index (χ3n) is 2.09. The zero-order valence-corrected chi connectivity index (χ0v) is 10.5. The first-order chi connectivity index (χ1) is 7.02. The van der Waals surface area contributed by atoms with Crippen molar-refractivity contribution in [1.82, 2.24) is 0 Å². The zero-order chi connectivity index (χ0) is 11.4. The maximum absolute atomic E-state index is 11.5. The van der Waals surface area contributed by atoms with Crippen molar-refractivity contribution in [2.45, 2.75) is 26.3 Å². The second-order valence-electron chi connectivity index (χ2n) is 3.52. The fourth-order valence-corrected chi connectivity index (χ4v) is 1.84. The van der Waals surface area contributed by atoms with Crippen molar-refractivity contribution in [2.75, 3.05) is 5.32 Å². The fraction of sp³-hybridized carbons (Fsp3) is 0.364. The molecule has 1 amide bonds. The lowest BCUT2D eigenvalue weighted by Crippen LogP contribution is -2.34. The number of aryl methyl sites for hydroxylation is 1. The van der Waals surface area contributed by atoms with E-state index in [0.29, 0.717) is 6.42 Å². The van der Waals surface area contributed by atoms with Gasteiger partial charge in [-0.05, 0) is 37.1 Å². The standard InChI is InChI=1S/C11H15BrN2O/c1-3-10(13)11(15)14-9-5-7(2)4-8(12)6-9/h4-6,10H,3,13H2,1-2H3,(H,14,15)/t10-/m1/s1. The summed E-state index contributed by atoms with van der Waals surface area (Å²) in [6.45, 7) is 3.86. The molecule has 0 heterocycles. The van der Waals surface area contributed by atoms with Gasteiger partial charge in [0, 0.05) is 10.2 Å². The predicted molar refractivity (Wildman–Crippen MR) is 65.8 cm³/mol. The van der Waals surface area contributed by atoms with Gasteiger partial charge in [0.05, 0.1) is 6.04 Å². The van der Waals surface area contributed by atoms with Crippen LogP contribution in [0.5, 0.6) is 0 Å². The Morgan fingerprint density at radius 3 is 2.73 bits per heavy atom. The third-order valence-corrected chi connectivity index (χ3v) is 2.54. The Labute approximate surface area is 98.2 Å². The van der Waals surface area contributed by atoms with Gasteiger partial charge in [-0.25, -0.2) is 0 Å². The number of nitrogens with two attached hydrogens (primary N) is 1. The fourth-order valence-electron chi connectivity index (χ4n) is 1.23. The summed E-state index contributed by atoms with van der Waals surface area (Å²) in [5, 5.41) is 2.78. The normalized spacial score (nSPS) is 12.3. The van der Waals surface area contributed by atoms with E-state index in [1.165, 1.54) is 0 Å². The highest BCUT2D eigenvalue weighted by molar-refractivity contribution is 9.10. The van der Waals surface area contributed by atoms with E-state index in [-0.39, 0.29) is 5.91 Å². The number of hydrogen-bond donors (Lipinski definition) is 2.